The maximum Gasteiger partial charge on any atom is 0.326 e. The van der Waals surface area contributed by atoms with Gasteiger partial charge in [0.25, 0.3) is 0 Å². The summed E-state index contributed by atoms with van der Waals surface area (Å²) in [4.78, 5) is 12.2. The number of rotatable bonds is 9. The molecule has 0 aromatic carbocycles. The highest BCUT2D eigenvalue weighted by Crippen LogP contribution is 2.30. The maximum atomic E-state index is 12.2. The van der Waals surface area contributed by atoms with Gasteiger partial charge in [0.05, 0.1) is 6.61 Å². The fourth-order valence-electron chi connectivity index (χ4n) is 3.11. The highest BCUT2D eigenvalue weighted by molar-refractivity contribution is 7.99. The molecule has 0 aromatic heterocycles. The molecule has 2 aliphatic carbocycles. The van der Waals surface area contributed by atoms with Gasteiger partial charge in [-0.2, -0.15) is 11.8 Å². The summed E-state index contributed by atoms with van der Waals surface area (Å²) in [6.07, 6.45) is 11.4. The van der Waals surface area contributed by atoms with E-state index in [0.717, 1.165) is 18.1 Å². The monoisotopic (exact) mass is 313 g/mol. The van der Waals surface area contributed by atoms with Crippen LogP contribution in [-0.4, -0.2) is 35.2 Å². The van der Waals surface area contributed by atoms with Gasteiger partial charge in [0.1, 0.15) is 5.54 Å². The molecule has 122 valence electrons. The lowest BCUT2D eigenvalue weighted by atomic mass is 9.96. The van der Waals surface area contributed by atoms with Crippen molar-refractivity contribution in [3.05, 3.63) is 0 Å². The van der Waals surface area contributed by atoms with E-state index in [4.69, 9.17) is 4.74 Å². The average Bonchev–Trinajstić information content (AvgIpc) is 3.29. The number of hydrogen-bond donors (Lipinski definition) is 1. The topological polar surface area (TPSA) is 38.3 Å². The Morgan fingerprint density at radius 2 is 1.95 bits per heavy atom. The first-order valence-electron chi connectivity index (χ1n) is 8.70. The zero-order valence-electron chi connectivity index (χ0n) is 13.7. The second kappa shape index (κ2) is 8.42. The lowest BCUT2D eigenvalue weighted by Crippen LogP contribution is -2.51. The van der Waals surface area contributed by atoms with Crippen LogP contribution in [0.15, 0.2) is 0 Å². The van der Waals surface area contributed by atoms with Gasteiger partial charge < -0.3 is 4.74 Å². The first kappa shape index (κ1) is 17.1. The number of esters is 1. The molecular weight excluding hydrogens is 282 g/mol. The summed E-state index contributed by atoms with van der Waals surface area (Å²) in [5, 5.41) is 4.37. The third kappa shape index (κ3) is 5.82. The Morgan fingerprint density at radius 3 is 2.57 bits per heavy atom. The van der Waals surface area contributed by atoms with E-state index in [1.54, 1.807) is 0 Å². The van der Waals surface area contributed by atoms with Crippen LogP contribution < -0.4 is 5.32 Å². The molecule has 21 heavy (non-hydrogen) atoms. The van der Waals surface area contributed by atoms with Crippen LogP contribution in [0.4, 0.5) is 0 Å². The molecule has 2 rings (SSSR count). The van der Waals surface area contributed by atoms with Crippen LogP contribution in [-0.2, 0) is 9.53 Å². The number of carbonyl (C=O) groups excluding carboxylic acids is 1. The fourth-order valence-corrected chi connectivity index (χ4v) is 4.42. The molecular formula is C17H31NO2S. The molecule has 0 saturated heterocycles. The predicted octanol–water partition coefficient (Wildman–Crippen LogP) is 3.91. The maximum absolute atomic E-state index is 12.2. The van der Waals surface area contributed by atoms with E-state index in [1.165, 1.54) is 50.7 Å². The third-order valence-electron chi connectivity index (χ3n) is 4.55. The Balaban J connectivity index is 1.71. The van der Waals surface area contributed by atoms with Gasteiger partial charge in [-0.3, -0.25) is 10.1 Å². The summed E-state index contributed by atoms with van der Waals surface area (Å²) in [5.41, 5.74) is -0.482. The minimum Gasteiger partial charge on any atom is -0.465 e. The molecule has 0 radical (unpaired) electrons. The molecule has 2 aliphatic rings. The van der Waals surface area contributed by atoms with E-state index < -0.39 is 5.54 Å². The van der Waals surface area contributed by atoms with E-state index in [2.05, 4.69) is 17.1 Å². The van der Waals surface area contributed by atoms with Crippen molar-refractivity contribution in [2.24, 2.45) is 0 Å². The van der Waals surface area contributed by atoms with Crippen molar-refractivity contribution in [3.8, 4) is 0 Å². The lowest BCUT2D eigenvalue weighted by Gasteiger charge is -2.29. The van der Waals surface area contributed by atoms with Gasteiger partial charge >= 0.3 is 5.97 Å². The molecule has 1 atom stereocenters. The lowest BCUT2D eigenvalue weighted by molar-refractivity contribution is -0.151. The summed E-state index contributed by atoms with van der Waals surface area (Å²) in [7, 11) is 0. The van der Waals surface area contributed by atoms with E-state index in [9.17, 15) is 4.79 Å². The molecule has 1 N–H and O–H groups in total. The van der Waals surface area contributed by atoms with Crippen LogP contribution in [0.5, 0.6) is 0 Å². The van der Waals surface area contributed by atoms with Crippen molar-refractivity contribution in [1.82, 2.24) is 5.32 Å². The number of nitrogens with one attached hydrogen (secondary N) is 1. The summed E-state index contributed by atoms with van der Waals surface area (Å²) in [5.74, 6) is 1.10. The first-order chi connectivity index (χ1) is 10.1. The number of carbonyl (C=O) groups is 1. The summed E-state index contributed by atoms with van der Waals surface area (Å²) < 4.78 is 5.27. The summed E-state index contributed by atoms with van der Waals surface area (Å²) in [6.45, 7) is 4.38. The minimum absolute atomic E-state index is 0.0698. The highest BCUT2D eigenvalue weighted by Gasteiger charge is 2.39. The van der Waals surface area contributed by atoms with Gasteiger partial charge in [-0.25, -0.2) is 0 Å². The molecule has 0 bridgehead atoms. The SMILES string of the molecule is CCOC(=O)C(C)(CCCSC1CCCCC1)NC1CC1. The molecule has 0 aromatic rings. The molecule has 3 nitrogen and oxygen atoms in total. The average molecular weight is 314 g/mol. The van der Waals surface area contributed by atoms with Crippen LogP contribution in [0.25, 0.3) is 0 Å². The highest BCUT2D eigenvalue weighted by atomic mass is 32.2. The predicted molar refractivity (Wildman–Crippen MR) is 89.8 cm³/mol. The Hall–Kier alpha value is -0.220. The molecule has 0 spiro atoms. The molecule has 0 amide bonds. The Labute approximate surface area is 134 Å². The number of hydrogen-bond acceptors (Lipinski definition) is 4. The normalized spacial score (nSPS) is 22.8. The van der Waals surface area contributed by atoms with Crippen LogP contribution in [0, 0.1) is 0 Å². The third-order valence-corrected chi connectivity index (χ3v) is 6.02. The van der Waals surface area contributed by atoms with Crippen LogP contribution in [0.1, 0.15) is 71.6 Å². The van der Waals surface area contributed by atoms with Crippen LogP contribution in [0.2, 0.25) is 0 Å². The van der Waals surface area contributed by atoms with Gasteiger partial charge in [-0.1, -0.05) is 19.3 Å². The first-order valence-corrected chi connectivity index (χ1v) is 9.75. The molecule has 0 aliphatic heterocycles. The van der Waals surface area contributed by atoms with Gasteiger partial charge in [-0.05, 0) is 58.1 Å². The van der Waals surface area contributed by atoms with Crippen LogP contribution >= 0.6 is 11.8 Å². The van der Waals surface area contributed by atoms with E-state index in [1.807, 2.05) is 13.8 Å². The quantitative estimate of drug-likeness (QED) is 0.517. The van der Waals surface area contributed by atoms with E-state index >= 15 is 0 Å². The summed E-state index contributed by atoms with van der Waals surface area (Å²) >= 11 is 2.12. The van der Waals surface area contributed by atoms with Crippen molar-refractivity contribution in [2.75, 3.05) is 12.4 Å². The van der Waals surface area contributed by atoms with Gasteiger partial charge in [0.15, 0.2) is 0 Å². The van der Waals surface area contributed by atoms with E-state index in [-0.39, 0.29) is 5.97 Å². The van der Waals surface area contributed by atoms with Gasteiger partial charge in [-0.15, -0.1) is 0 Å². The summed E-state index contributed by atoms with van der Waals surface area (Å²) in [6, 6.07) is 0.533. The molecule has 4 heteroatoms. The molecule has 0 heterocycles. The number of thioether (sulfide) groups is 1. The standard InChI is InChI=1S/C17H31NO2S/c1-3-20-16(19)17(2,18-14-10-11-14)12-7-13-21-15-8-5-4-6-9-15/h14-15,18H,3-13H2,1-2H3. The fraction of sp³-hybridized carbons (Fsp3) is 0.941. The largest absolute Gasteiger partial charge is 0.465 e. The smallest absolute Gasteiger partial charge is 0.326 e. The van der Waals surface area contributed by atoms with Gasteiger partial charge in [0, 0.05) is 11.3 Å². The zero-order chi connectivity index (χ0) is 15.1. The van der Waals surface area contributed by atoms with Crippen molar-refractivity contribution >= 4 is 17.7 Å². The zero-order valence-corrected chi connectivity index (χ0v) is 14.5. The Bertz CT molecular complexity index is 327. The second-order valence-electron chi connectivity index (χ2n) is 6.71. The van der Waals surface area contributed by atoms with Crippen molar-refractivity contribution in [3.63, 3.8) is 0 Å². The van der Waals surface area contributed by atoms with Crippen molar-refractivity contribution in [1.29, 1.82) is 0 Å². The Morgan fingerprint density at radius 1 is 1.24 bits per heavy atom. The van der Waals surface area contributed by atoms with Crippen molar-refractivity contribution < 1.29 is 9.53 Å². The van der Waals surface area contributed by atoms with E-state index in [0.29, 0.717) is 12.6 Å². The molecule has 2 fully saturated rings. The number of ether oxygens (including phenoxy) is 1. The molecule has 2 saturated carbocycles. The van der Waals surface area contributed by atoms with Crippen molar-refractivity contribution in [2.45, 2.75) is 88.5 Å². The molecule has 1 unspecified atom stereocenters. The minimum atomic E-state index is -0.482. The van der Waals surface area contributed by atoms with Crippen LogP contribution in [0.3, 0.4) is 0 Å². The second-order valence-corrected chi connectivity index (χ2v) is 8.11. The van der Waals surface area contributed by atoms with Gasteiger partial charge in [0.2, 0.25) is 0 Å². The Kier molecular flexibility index (Phi) is 6.87.